The average molecular weight is 315 g/mol. The normalized spacial score (nSPS) is 11.0. The summed E-state index contributed by atoms with van der Waals surface area (Å²) in [7, 11) is 0. The first-order chi connectivity index (χ1) is 10.7. The second kappa shape index (κ2) is 6.42. The number of nitrogens with zero attached hydrogens (tertiary/aromatic N) is 1. The van der Waals surface area contributed by atoms with Crippen molar-refractivity contribution in [2.75, 3.05) is 0 Å². The third-order valence-corrected chi connectivity index (χ3v) is 4.08. The van der Waals surface area contributed by atoms with Crippen LogP contribution in [0.25, 0.3) is 10.9 Å². The molecular formula is C18H19ClN2O. The number of rotatable bonds is 5. The van der Waals surface area contributed by atoms with Gasteiger partial charge in [-0.25, -0.2) is 0 Å². The molecule has 0 aliphatic rings. The summed E-state index contributed by atoms with van der Waals surface area (Å²) in [6.45, 7) is 4.08. The van der Waals surface area contributed by atoms with Gasteiger partial charge < -0.3 is 15.0 Å². The molecule has 1 heterocycles. The molecule has 0 amide bonds. The minimum Gasteiger partial charge on any atom is -0.487 e. The zero-order chi connectivity index (χ0) is 15.5. The van der Waals surface area contributed by atoms with Crippen LogP contribution in [-0.2, 0) is 19.7 Å². The van der Waals surface area contributed by atoms with Crippen molar-refractivity contribution < 1.29 is 4.74 Å². The quantitative estimate of drug-likeness (QED) is 0.760. The smallest absolute Gasteiger partial charge is 0.128 e. The van der Waals surface area contributed by atoms with E-state index in [1.54, 1.807) is 0 Å². The van der Waals surface area contributed by atoms with Gasteiger partial charge in [0.05, 0.1) is 5.69 Å². The monoisotopic (exact) mass is 314 g/mol. The molecule has 0 fully saturated rings. The van der Waals surface area contributed by atoms with Gasteiger partial charge in [-0.3, -0.25) is 0 Å². The second-order valence-electron chi connectivity index (χ2n) is 5.18. The minimum atomic E-state index is 0.507. The van der Waals surface area contributed by atoms with Crippen molar-refractivity contribution in [3.8, 4) is 5.75 Å². The molecule has 0 atom stereocenters. The lowest BCUT2D eigenvalue weighted by molar-refractivity contribution is 0.296. The van der Waals surface area contributed by atoms with Crippen molar-refractivity contribution in [3.05, 3.63) is 64.8 Å². The van der Waals surface area contributed by atoms with E-state index in [4.69, 9.17) is 22.1 Å². The van der Waals surface area contributed by atoms with Crippen molar-refractivity contribution in [1.82, 2.24) is 4.57 Å². The van der Waals surface area contributed by atoms with E-state index in [9.17, 15) is 0 Å². The van der Waals surface area contributed by atoms with Crippen molar-refractivity contribution in [2.45, 2.75) is 26.6 Å². The Kier molecular flexibility index (Phi) is 4.36. The molecule has 1 aromatic heterocycles. The van der Waals surface area contributed by atoms with Crippen LogP contribution < -0.4 is 10.5 Å². The molecule has 0 unspecified atom stereocenters. The molecule has 0 aliphatic heterocycles. The lowest BCUT2D eigenvalue weighted by Crippen LogP contribution is -2.04. The Hall–Kier alpha value is -1.97. The largest absolute Gasteiger partial charge is 0.487 e. The molecule has 3 nitrogen and oxygen atoms in total. The number of halogens is 1. The molecule has 0 bridgehead atoms. The lowest BCUT2D eigenvalue weighted by Gasteiger charge is -2.10. The first-order valence-corrected chi connectivity index (χ1v) is 7.79. The van der Waals surface area contributed by atoms with Gasteiger partial charge in [-0.15, -0.1) is 0 Å². The average Bonchev–Trinajstić information content (AvgIpc) is 2.90. The Morgan fingerprint density at radius 1 is 1.14 bits per heavy atom. The Balaban J connectivity index is 1.93. The highest BCUT2D eigenvalue weighted by atomic mass is 35.5. The van der Waals surface area contributed by atoms with Gasteiger partial charge in [-0.2, -0.15) is 0 Å². The predicted molar refractivity (Wildman–Crippen MR) is 91.3 cm³/mol. The van der Waals surface area contributed by atoms with Crippen molar-refractivity contribution in [1.29, 1.82) is 0 Å². The molecule has 114 valence electrons. The highest BCUT2D eigenvalue weighted by molar-refractivity contribution is 6.30. The molecule has 2 aromatic carbocycles. The Morgan fingerprint density at radius 2 is 1.95 bits per heavy atom. The number of ether oxygens (including phenoxy) is 1. The molecular weight excluding hydrogens is 296 g/mol. The van der Waals surface area contributed by atoms with E-state index < -0.39 is 0 Å². The zero-order valence-corrected chi connectivity index (χ0v) is 13.3. The Morgan fingerprint density at radius 3 is 2.68 bits per heavy atom. The molecule has 0 saturated carbocycles. The Bertz CT molecular complexity index is 795. The summed E-state index contributed by atoms with van der Waals surface area (Å²) < 4.78 is 8.14. The third kappa shape index (κ3) is 2.82. The lowest BCUT2D eigenvalue weighted by atomic mass is 10.1. The van der Waals surface area contributed by atoms with Crippen molar-refractivity contribution in [2.24, 2.45) is 5.73 Å². The fraction of sp³-hybridized carbons (Fsp3) is 0.222. The summed E-state index contributed by atoms with van der Waals surface area (Å²) in [4.78, 5) is 0. The number of hydrogen-bond donors (Lipinski definition) is 1. The number of hydrogen-bond acceptors (Lipinski definition) is 2. The number of fused-ring (bicyclic) bond motifs is 1. The van der Waals surface area contributed by atoms with E-state index in [2.05, 4.69) is 35.8 Å². The number of aryl methyl sites for hydroxylation is 1. The van der Waals surface area contributed by atoms with Gasteiger partial charge in [-0.1, -0.05) is 29.8 Å². The fourth-order valence-corrected chi connectivity index (χ4v) is 2.97. The molecule has 2 N–H and O–H groups in total. The maximum absolute atomic E-state index is 5.99. The van der Waals surface area contributed by atoms with Gasteiger partial charge >= 0.3 is 0 Å². The number of benzene rings is 2. The van der Waals surface area contributed by atoms with Crippen LogP contribution in [0.4, 0.5) is 0 Å². The van der Waals surface area contributed by atoms with Gasteiger partial charge in [0.15, 0.2) is 0 Å². The topological polar surface area (TPSA) is 40.2 Å². The summed E-state index contributed by atoms with van der Waals surface area (Å²) in [6.07, 6.45) is 0. The van der Waals surface area contributed by atoms with Gasteiger partial charge in [-0.05, 0) is 42.8 Å². The summed E-state index contributed by atoms with van der Waals surface area (Å²) in [5, 5.41) is 1.88. The van der Waals surface area contributed by atoms with Crippen LogP contribution in [0.1, 0.15) is 18.2 Å². The molecule has 0 spiro atoms. The van der Waals surface area contributed by atoms with Crippen LogP contribution in [-0.4, -0.2) is 4.57 Å². The highest BCUT2D eigenvalue weighted by Crippen LogP contribution is 2.25. The molecule has 3 aromatic rings. The van der Waals surface area contributed by atoms with Gasteiger partial charge in [0.2, 0.25) is 0 Å². The van der Waals surface area contributed by atoms with E-state index in [1.165, 1.54) is 10.9 Å². The minimum absolute atomic E-state index is 0.507. The number of nitrogens with two attached hydrogens (primary N) is 1. The van der Waals surface area contributed by atoms with Gasteiger partial charge in [0, 0.05) is 29.0 Å². The van der Waals surface area contributed by atoms with Crippen LogP contribution in [0.15, 0.2) is 48.5 Å². The van der Waals surface area contributed by atoms with Crippen LogP contribution in [0.2, 0.25) is 5.02 Å². The number of aromatic nitrogens is 1. The van der Waals surface area contributed by atoms with E-state index in [0.717, 1.165) is 23.6 Å². The molecule has 0 saturated heterocycles. The van der Waals surface area contributed by atoms with E-state index >= 15 is 0 Å². The van der Waals surface area contributed by atoms with E-state index in [1.807, 2.05) is 24.3 Å². The predicted octanol–water partition coefficient (Wildman–Crippen LogP) is 4.35. The van der Waals surface area contributed by atoms with Crippen LogP contribution in [0.3, 0.4) is 0 Å². The molecule has 0 radical (unpaired) electrons. The molecule has 4 heteroatoms. The zero-order valence-electron chi connectivity index (χ0n) is 12.6. The molecule has 3 rings (SSSR count). The first kappa shape index (κ1) is 14.9. The maximum atomic E-state index is 5.99. The summed E-state index contributed by atoms with van der Waals surface area (Å²) in [5.41, 5.74) is 9.35. The summed E-state index contributed by atoms with van der Waals surface area (Å²) in [6, 6.07) is 15.9. The third-order valence-electron chi connectivity index (χ3n) is 3.84. The van der Waals surface area contributed by atoms with Crippen LogP contribution >= 0.6 is 11.6 Å². The van der Waals surface area contributed by atoms with E-state index in [-0.39, 0.29) is 0 Å². The maximum Gasteiger partial charge on any atom is 0.128 e. The highest BCUT2D eigenvalue weighted by Gasteiger charge is 2.10. The first-order valence-electron chi connectivity index (χ1n) is 7.41. The van der Waals surface area contributed by atoms with Gasteiger partial charge in [0.25, 0.3) is 0 Å². The van der Waals surface area contributed by atoms with Crippen molar-refractivity contribution in [3.63, 3.8) is 0 Å². The summed E-state index contributed by atoms with van der Waals surface area (Å²) >= 11 is 5.99. The molecule has 0 aliphatic carbocycles. The second-order valence-corrected chi connectivity index (χ2v) is 5.62. The fourth-order valence-electron chi connectivity index (χ4n) is 2.79. The van der Waals surface area contributed by atoms with E-state index in [0.29, 0.717) is 18.2 Å². The Labute approximate surface area is 135 Å². The molecule has 22 heavy (non-hydrogen) atoms. The van der Waals surface area contributed by atoms with Crippen molar-refractivity contribution >= 4 is 22.5 Å². The van der Waals surface area contributed by atoms with Gasteiger partial charge in [0.1, 0.15) is 12.4 Å². The SMILES string of the molecule is CCn1c(COc2cccc(Cl)c2)cc2c(CN)cccc21. The standard InChI is InChI=1S/C18H19ClN2O/c1-2-21-15(12-22-16-7-4-6-14(19)9-16)10-17-13(11-20)5-3-8-18(17)21/h3-10H,2,11-12,20H2,1H3. The van der Waals surface area contributed by atoms with Crippen LogP contribution in [0.5, 0.6) is 5.75 Å². The van der Waals surface area contributed by atoms with Crippen LogP contribution in [0, 0.1) is 0 Å². The summed E-state index contributed by atoms with van der Waals surface area (Å²) in [5.74, 6) is 0.777.